The van der Waals surface area contributed by atoms with Crippen LogP contribution in [0, 0.1) is 46.3 Å². The minimum absolute atomic E-state index is 0.140. The maximum absolute atomic E-state index is 4.40. The first-order valence-electron chi connectivity index (χ1n) is 20.0. The molecule has 8 unspecified atom stereocenters. The van der Waals surface area contributed by atoms with Gasteiger partial charge in [-0.15, -0.1) is 0 Å². The van der Waals surface area contributed by atoms with E-state index in [-0.39, 0.29) is 5.41 Å². The topological polar surface area (TPSA) is 24.1 Å². The van der Waals surface area contributed by atoms with Gasteiger partial charge < -0.3 is 0 Å². The van der Waals surface area contributed by atoms with Gasteiger partial charge in [0.15, 0.2) is 0 Å². The highest BCUT2D eigenvalue weighted by Crippen LogP contribution is 2.69. The minimum atomic E-state index is 0.140. The zero-order chi connectivity index (χ0) is 30.6. The van der Waals surface area contributed by atoms with E-state index in [4.69, 9.17) is 0 Å². The first kappa shape index (κ1) is 29.1. The van der Waals surface area contributed by atoms with E-state index in [1.807, 2.05) is 22.3 Å². The van der Waals surface area contributed by atoms with E-state index in [9.17, 15) is 0 Å². The highest BCUT2D eigenvalue weighted by molar-refractivity contribution is 5.65. The van der Waals surface area contributed by atoms with Crippen LogP contribution in [-0.4, -0.2) is 18.2 Å². The summed E-state index contributed by atoms with van der Waals surface area (Å²) in [6.45, 7) is 5.28. The quantitative estimate of drug-likeness (QED) is 0.331. The third kappa shape index (κ3) is 4.08. The third-order valence-corrected chi connectivity index (χ3v) is 15.5. The second kappa shape index (κ2) is 10.8. The predicted octanol–water partition coefficient (Wildman–Crippen LogP) is 10.2. The standard InChI is InChI=1S/C44H58N2/c1-43(2)33-23-24-34-36(29-19-10-11-22-32(29)44(34)25-12-5-13-26-44)37(33)30-20-14-21-31(39(30)43)40-38-35(27-15-6-3-7-16-27)41(38)46-42(45-40)28-17-8-4-9-18-28/h8,11,17-18,22-24,27,31,34-36,38,40-42,45-46H,3-7,9-10,12-16,19-21,25-26H2,1-2H3. The molecule has 0 aromatic rings. The van der Waals surface area contributed by atoms with Crippen LogP contribution in [0.1, 0.15) is 123 Å². The van der Waals surface area contributed by atoms with Crippen molar-refractivity contribution in [2.45, 2.75) is 141 Å². The summed E-state index contributed by atoms with van der Waals surface area (Å²) in [7, 11) is 0. The molecule has 9 aliphatic carbocycles. The molecule has 2 N–H and O–H groups in total. The molecule has 8 atom stereocenters. The van der Waals surface area contributed by atoms with E-state index in [2.05, 4.69) is 67.0 Å². The number of nitrogens with one attached hydrogen (secondary N) is 2. The maximum atomic E-state index is 4.40. The van der Waals surface area contributed by atoms with Gasteiger partial charge in [-0.25, -0.2) is 0 Å². The summed E-state index contributed by atoms with van der Waals surface area (Å²) in [5, 5.41) is 8.62. The maximum Gasteiger partial charge on any atom is 0.0836 e. The predicted molar refractivity (Wildman–Crippen MR) is 190 cm³/mol. The van der Waals surface area contributed by atoms with Crippen LogP contribution in [0.25, 0.3) is 0 Å². The van der Waals surface area contributed by atoms with Crippen LogP contribution in [0.3, 0.4) is 0 Å². The van der Waals surface area contributed by atoms with Crippen LogP contribution in [0.15, 0.2) is 81.5 Å². The van der Waals surface area contributed by atoms with Crippen molar-refractivity contribution in [2.75, 3.05) is 0 Å². The van der Waals surface area contributed by atoms with Gasteiger partial charge in [0.1, 0.15) is 0 Å². The summed E-state index contributed by atoms with van der Waals surface area (Å²) < 4.78 is 0. The normalized spacial score (nSPS) is 42.1. The summed E-state index contributed by atoms with van der Waals surface area (Å²) >= 11 is 0. The Labute approximate surface area is 279 Å². The van der Waals surface area contributed by atoms with E-state index in [0.717, 1.165) is 17.8 Å². The lowest BCUT2D eigenvalue weighted by atomic mass is 9.60. The van der Waals surface area contributed by atoms with Gasteiger partial charge in [0.05, 0.1) is 6.17 Å². The molecule has 1 heterocycles. The molecule has 0 aromatic carbocycles. The zero-order valence-corrected chi connectivity index (χ0v) is 28.8. The molecule has 46 heavy (non-hydrogen) atoms. The van der Waals surface area contributed by atoms with Crippen LogP contribution >= 0.6 is 0 Å². The Morgan fingerprint density at radius 1 is 0.717 bits per heavy atom. The van der Waals surface area contributed by atoms with Crippen molar-refractivity contribution in [3.8, 4) is 0 Å². The fourth-order valence-electron chi connectivity index (χ4n) is 13.8. The van der Waals surface area contributed by atoms with Crippen LogP contribution in [0.2, 0.25) is 0 Å². The van der Waals surface area contributed by atoms with Gasteiger partial charge in [0.25, 0.3) is 0 Å². The second-order valence-electron chi connectivity index (χ2n) is 17.9. The van der Waals surface area contributed by atoms with Crippen LogP contribution in [-0.2, 0) is 0 Å². The van der Waals surface area contributed by atoms with E-state index in [1.54, 1.807) is 11.1 Å². The Hall–Kier alpha value is -1.90. The van der Waals surface area contributed by atoms with Crippen molar-refractivity contribution in [2.24, 2.45) is 46.3 Å². The average Bonchev–Trinajstić information content (AvgIpc) is 3.72. The monoisotopic (exact) mass is 614 g/mol. The first-order valence-corrected chi connectivity index (χ1v) is 20.0. The molecular formula is C44H58N2. The summed E-state index contributed by atoms with van der Waals surface area (Å²) in [5.41, 5.74) is 13.0. The molecule has 10 rings (SSSR count). The zero-order valence-electron chi connectivity index (χ0n) is 28.8. The highest BCUT2D eigenvalue weighted by atomic mass is 15.2. The number of hydrogen-bond donors (Lipinski definition) is 2. The molecule has 1 spiro atoms. The van der Waals surface area contributed by atoms with E-state index >= 15 is 0 Å². The van der Waals surface area contributed by atoms with Gasteiger partial charge in [-0.3, -0.25) is 10.6 Å². The molecule has 10 aliphatic rings. The summed E-state index contributed by atoms with van der Waals surface area (Å²) in [4.78, 5) is 0. The van der Waals surface area contributed by atoms with Gasteiger partial charge in [0, 0.05) is 28.8 Å². The Kier molecular flexibility index (Phi) is 6.82. The fraction of sp³-hybridized carbons (Fsp3) is 0.682. The van der Waals surface area contributed by atoms with Crippen LogP contribution in [0.5, 0.6) is 0 Å². The smallest absolute Gasteiger partial charge is 0.0836 e. The molecule has 244 valence electrons. The minimum Gasteiger partial charge on any atom is -0.295 e. The first-order chi connectivity index (χ1) is 22.6. The number of fused-ring (bicyclic) bond motifs is 7. The molecule has 1 saturated heterocycles. The van der Waals surface area contributed by atoms with Gasteiger partial charge >= 0.3 is 0 Å². The van der Waals surface area contributed by atoms with Crippen molar-refractivity contribution < 1.29 is 0 Å². The second-order valence-corrected chi connectivity index (χ2v) is 17.9. The largest absolute Gasteiger partial charge is 0.295 e. The average molecular weight is 615 g/mol. The third-order valence-electron chi connectivity index (χ3n) is 15.5. The molecular weight excluding hydrogens is 556 g/mol. The lowest BCUT2D eigenvalue weighted by molar-refractivity contribution is 0.174. The lowest BCUT2D eigenvalue weighted by Gasteiger charge is -2.43. The van der Waals surface area contributed by atoms with Crippen molar-refractivity contribution >= 4 is 0 Å². The number of allylic oxidation sites excluding steroid dienone is 11. The Morgan fingerprint density at radius 3 is 2.35 bits per heavy atom. The molecule has 0 bridgehead atoms. The van der Waals surface area contributed by atoms with Gasteiger partial charge in [0.2, 0.25) is 0 Å². The van der Waals surface area contributed by atoms with Crippen LogP contribution < -0.4 is 10.6 Å². The molecule has 2 heteroatoms. The fourth-order valence-corrected chi connectivity index (χ4v) is 13.8. The molecule has 1 aliphatic heterocycles. The van der Waals surface area contributed by atoms with E-state index in [1.165, 1.54) is 115 Å². The van der Waals surface area contributed by atoms with Crippen molar-refractivity contribution in [1.82, 2.24) is 10.6 Å². The highest BCUT2D eigenvalue weighted by Gasteiger charge is 2.64. The Bertz CT molecular complexity index is 1510. The lowest BCUT2D eigenvalue weighted by Crippen LogP contribution is -2.58. The molecule has 0 radical (unpaired) electrons. The summed E-state index contributed by atoms with van der Waals surface area (Å²) in [6, 6.07) is 1.31. The van der Waals surface area contributed by atoms with Crippen molar-refractivity contribution in [3.63, 3.8) is 0 Å². The molecule has 0 aromatic heterocycles. The van der Waals surface area contributed by atoms with Crippen LogP contribution in [0.4, 0.5) is 0 Å². The van der Waals surface area contributed by atoms with E-state index in [0.29, 0.717) is 41.4 Å². The van der Waals surface area contributed by atoms with E-state index < -0.39 is 0 Å². The van der Waals surface area contributed by atoms with Gasteiger partial charge in [-0.1, -0.05) is 119 Å². The number of hydrogen-bond acceptors (Lipinski definition) is 2. The number of rotatable bonds is 3. The van der Waals surface area contributed by atoms with Gasteiger partial charge in [-0.2, -0.15) is 0 Å². The van der Waals surface area contributed by atoms with Crippen molar-refractivity contribution in [1.29, 1.82) is 0 Å². The molecule has 3 saturated carbocycles. The summed E-state index contributed by atoms with van der Waals surface area (Å²) in [5.74, 6) is 4.63. The molecule has 0 amide bonds. The summed E-state index contributed by atoms with van der Waals surface area (Å²) in [6.07, 6.45) is 41.8. The molecule has 2 nitrogen and oxygen atoms in total. The Balaban J connectivity index is 1.05. The molecule has 4 fully saturated rings. The SMILES string of the molecule is CC1(C)C2=C(C3=C1C(C1NC(C4=CCCC=C4)NC4C(C5CCCCC5)C14)CCC3)C1C3=C(C=CCC3)C3(CCCCC3)C1C=C2. The Morgan fingerprint density at radius 2 is 1.52 bits per heavy atom. The van der Waals surface area contributed by atoms with Crippen molar-refractivity contribution in [3.05, 3.63) is 81.5 Å². The van der Waals surface area contributed by atoms with Gasteiger partial charge in [-0.05, 0) is 115 Å².